The van der Waals surface area contributed by atoms with Crippen LogP contribution in [0.1, 0.15) is 34.5 Å². The summed E-state index contributed by atoms with van der Waals surface area (Å²) in [5, 5.41) is 8.98. The van der Waals surface area contributed by atoms with Gasteiger partial charge in [0, 0.05) is 41.6 Å². The summed E-state index contributed by atoms with van der Waals surface area (Å²) in [6.45, 7) is 2.79. The molecule has 0 aliphatic carbocycles. The highest BCUT2D eigenvalue weighted by Gasteiger charge is 2.21. The first-order valence-electron chi connectivity index (χ1n) is 10.6. The Hall–Kier alpha value is -2.74. The molecule has 2 N–H and O–H groups in total. The average molecular weight is 469 g/mol. The molecule has 0 spiro atoms. The van der Waals surface area contributed by atoms with Gasteiger partial charge in [0.05, 0.1) is 12.1 Å². The van der Waals surface area contributed by atoms with Gasteiger partial charge in [-0.3, -0.25) is 19.8 Å². The van der Waals surface area contributed by atoms with Crippen LogP contribution in [-0.2, 0) is 17.8 Å². The van der Waals surface area contributed by atoms with Crippen molar-refractivity contribution >= 4 is 39.9 Å². The highest BCUT2D eigenvalue weighted by atomic mass is 35.5. The second-order valence-electron chi connectivity index (χ2n) is 7.89. The van der Waals surface area contributed by atoms with Crippen molar-refractivity contribution in [1.29, 1.82) is 0 Å². The zero-order valence-corrected chi connectivity index (χ0v) is 19.2. The van der Waals surface area contributed by atoms with E-state index in [1.54, 1.807) is 12.1 Å². The number of thiazole rings is 1. The van der Waals surface area contributed by atoms with Gasteiger partial charge in [-0.05, 0) is 42.7 Å². The minimum absolute atomic E-state index is 0.0348. The van der Waals surface area contributed by atoms with E-state index in [-0.39, 0.29) is 24.3 Å². The molecule has 6 nitrogen and oxygen atoms in total. The van der Waals surface area contributed by atoms with Crippen molar-refractivity contribution in [2.45, 2.75) is 31.8 Å². The van der Waals surface area contributed by atoms with E-state index >= 15 is 0 Å². The van der Waals surface area contributed by atoms with Crippen molar-refractivity contribution in [2.75, 3.05) is 18.4 Å². The van der Waals surface area contributed by atoms with Crippen LogP contribution in [0.15, 0.2) is 60.0 Å². The number of benzene rings is 2. The Kier molecular flexibility index (Phi) is 7.52. The van der Waals surface area contributed by atoms with E-state index in [2.05, 4.69) is 32.7 Å². The fourth-order valence-corrected chi connectivity index (χ4v) is 4.56. The number of rotatable bonds is 7. The number of hydrogen-bond donors (Lipinski definition) is 2. The van der Waals surface area contributed by atoms with Crippen molar-refractivity contribution in [3.63, 3.8) is 0 Å². The summed E-state index contributed by atoms with van der Waals surface area (Å²) >= 11 is 7.28. The molecule has 2 amide bonds. The zero-order valence-electron chi connectivity index (χ0n) is 17.6. The number of likely N-dealkylation sites (tertiary alicyclic amines) is 1. The number of aromatic nitrogens is 1. The van der Waals surface area contributed by atoms with Crippen LogP contribution in [0.25, 0.3) is 0 Å². The summed E-state index contributed by atoms with van der Waals surface area (Å²) < 4.78 is 0. The molecule has 1 fully saturated rings. The second-order valence-corrected chi connectivity index (χ2v) is 9.18. The van der Waals surface area contributed by atoms with Crippen molar-refractivity contribution in [3.05, 3.63) is 81.8 Å². The molecule has 1 saturated heterocycles. The topological polar surface area (TPSA) is 74.3 Å². The normalized spacial score (nSPS) is 14.8. The molecule has 2 heterocycles. The summed E-state index contributed by atoms with van der Waals surface area (Å²) in [5.41, 5.74) is 2.48. The maximum Gasteiger partial charge on any atom is 0.257 e. The Labute approximate surface area is 196 Å². The van der Waals surface area contributed by atoms with Gasteiger partial charge in [-0.25, -0.2) is 4.98 Å². The van der Waals surface area contributed by atoms with Gasteiger partial charge in [0.1, 0.15) is 0 Å². The first kappa shape index (κ1) is 22.5. The van der Waals surface area contributed by atoms with Crippen LogP contribution in [-0.4, -0.2) is 40.8 Å². The Morgan fingerprint density at radius 1 is 1.06 bits per heavy atom. The van der Waals surface area contributed by atoms with Crippen LogP contribution in [0.2, 0.25) is 5.02 Å². The molecule has 0 unspecified atom stereocenters. The van der Waals surface area contributed by atoms with Gasteiger partial charge in [0.15, 0.2) is 5.13 Å². The van der Waals surface area contributed by atoms with Crippen molar-refractivity contribution in [3.8, 4) is 0 Å². The number of nitrogens with zero attached hydrogens (tertiary/aromatic N) is 2. The minimum Gasteiger partial charge on any atom is -0.353 e. The Balaban J connectivity index is 1.20. The van der Waals surface area contributed by atoms with Crippen molar-refractivity contribution in [2.24, 2.45) is 0 Å². The molecule has 8 heteroatoms. The van der Waals surface area contributed by atoms with E-state index in [0.29, 0.717) is 16.4 Å². The maximum atomic E-state index is 12.5. The third-order valence-corrected chi connectivity index (χ3v) is 6.48. The first-order valence-corrected chi connectivity index (χ1v) is 11.9. The fourth-order valence-electron chi connectivity index (χ4n) is 3.73. The molecule has 0 bridgehead atoms. The Morgan fingerprint density at radius 3 is 2.50 bits per heavy atom. The van der Waals surface area contributed by atoms with E-state index in [4.69, 9.17) is 11.6 Å². The maximum absolute atomic E-state index is 12.5. The van der Waals surface area contributed by atoms with Gasteiger partial charge in [-0.15, -0.1) is 11.3 Å². The lowest BCUT2D eigenvalue weighted by Gasteiger charge is -2.32. The monoisotopic (exact) mass is 468 g/mol. The number of carbonyl (C=O) groups is 2. The summed E-state index contributed by atoms with van der Waals surface area (Å²) in [6, 6.07) is 17.1. The smallest absolute Gasteiger partial charge is 0.257 e. The van der Waals surface area contributed by atoms with Crippen LogP contribution in [0.5, 0.6) is 0 Å². The lowest BCUT2D eigenvalue weighted by molar-refractivity contribution is -0.121. The molecular formula is C24H25ClN4O2S. The number of anilines is 1. The van der Waals surface area contributed by atoms with Crippen LogP contribution >= 0.6 is 22.9 Å². The van der Waals surface area contributed by atoms with Gasteiger partial charge in [0.25, 0.3) is 5.91 Å². The van der Waals surface area contributed by atoms with Gasteiger partial charge < -0.3 is 5.32 Å². The van der Waals surface area contributed by atoms with Crippen molar-refractivity contribution in [1.82, 2.24) is 15.2 Å². The zero-order chi connectivity index (χ0) is 22.3. The average Bonchev–Trinajstić information content (AvgIpc) is 3.23. The van der Waals surface area contributed by atoms with Gasteiger partial charge in [-0.1, -0.05) is 41.9 Å². The van der Waals surface area contributed by atoms with E-state index in [0.717, 1.165) is 37.5 Å². The Bertz CT molecular complexity index is 1050. The third kappa shape index (κ3) is 6.38. The highest BCUT2D eigenvalue weighted by molar-refractivity contribution is 7.14. The van der Waals surface area contributed by atoms with E-state index in [9.17, 15) is 9.59 Å². The van der Waals surface area contributed by atoms with Crippen molar-refractivity contribution < 1.29 is 9.59 Å². The van der Waals surface area contributed by atoms with Gasteiger partial charge in [0.2, 0.25) is 5.91 Å². The quantitative estimate of drug-likeness (QED) is 0.540. The molecule has 32 heavy (non-hydrogen) atoms. The summed E-state index contributed by atoms with van der Waals surface area (Å²) in [5.74, 6) is -0.242. The molecule has 1 aliphatic rings. The largest absolute Gasteiger partial charge is 0.353 e. The molecule has 0 radical (unpaired) electrons. The Morgan fingerprint density at radius 2 is 1.78 bits per heavy atom. The summed E-state index contributed by atoms with van der Waals surface area (Å²) in [7, 11) is 0. The molecule has 1 aliphatic heterocycles. The molecule has 1 aromatic heterocycles. The minimum atomic E-state index is -0.207. The van der Waals surface area contributed by atoms with E-state index in [1.165, 1.54) is 16.9 Å². The van der Waals surface area contributed by atoms with E-state index < -0.39 is 0 Å². The molecule has 0 atom stereocenters. The number of nitrogens with one attached hydrogen (secondary N) is 2. The number of carbonyl (C=O) groups excluding carboxylic acids is 2. The third-order valence-electron chi connectivity index (χ3n) is 5.42. The van der Waals surface area contributed by atoms with Gasteiger partial charge in [-0.2, -0.15) is 0 Å². The predicted octanol–water partition coefficient (Wildman–Crippen LogP) is 4.37. The SMILES string of the molecule is O=C(Cc1csc(NC(=O)c2ccccc2)n1)NC1CCN(Cc2ccc(Cl)cc2)CC1. The summed E-state index contributed by atoms with van der Waals surface area (Å²) in [4.78, 5) is 31.5. The lowest BCUT2D eigenvalue weighted by Crippen LogP contribution is -2.44. The number of halogens is 1. The summed E-state index contributed by atoms with van der Waals surface area (Å²) in [6.07, 6.45) is 2.06. The van der Waals surface area contributed by atoms with Crippen LogP contribution in [0, 0.1) is 0 Å². The number of amides is 2. The molecule has 0 saturated carbocycles. The first-order chi connectivity index (χ1) is 15.5. The van der Waals surface area contributed by atoms with Crippen LogP contribution < -0.4 is 10.6 Å². The molecule has 3 aromatic rings. The van der Waals surface area contributed by atoms with Crippen LogP contribution in [0.4, 0.5) is 5.13 Å². The fraction of sp³-hybridized carbons (Fsp3) is 0.292. The lowest BCUT2D eigenvalue weighted by atomic mass is 10.0. The molecule has 4 rings (SSSR count). The standard InChI is InChI=1S/C24H25ClN4O2S/c25-19-8-6-17(7-9-19)15-29-12-10-20(11-13-29)26-22(30)14-21-16-32-24(27-21)28-23(31)18-4-2-1-3-5-18/h1-9,16,20H,10-15H2,(H,26,30)(H,27,28,31). The second kappa shape index (κ2) is 10.7. The van der Waals surface area contributed by atoms with E-state index in [1.807, 2.05) is 35.7 Å². The van der Waals surface area contributed by atoms with Crippen LogP contribution in [0.3, 0.4) is 0 Å². The molecule has 166 valence electrons. The molecule has 2 aromatic carbocycles. The number of hydrogen-bond acceptors (Lipinski definition) is 5. The highest BCUT2D eigenvalue weighted by Crippen LogP contribution is 2.18. The molecular weight excluding hydrogens is 444 g/mol. The predicted molar refractivity (Wildman–Crippen MR) is 128 cm³/mol. The number of piperidine rings is 1. The van der Waals surface area contributed by atoms with Gasteiger partial charge >= 0.3 is 0 Å².